The predicted molar refractivity (Wildman–Crippen MR) is 46.2 cm³/mol. The first-order chi connectivity index (χ1) is 6.41. The van der Waals surface area contributed by atoms with Crippen molar-refractivity contribution in [3.63, 3.8) is 0 Å². The van der Waals surface area contributed by atoms with Crippen LogP contribution in [0.25, 0.3) is 0 Å². The molecular weight excluding hydrogens is 190 g/mol. The Labute approximate surface area is 81.1 Å². The molecule has 0 radical (unpaired) electrons. The molecule has 6 heteroatoms. The average Bonchev–Trinajstić information content (AvgIpc) is 2.44. The van der Waals surface area contributed by atoms with Crippen molar-refractivity contribution < 1.29 is 24.5 Å². The number of hydrogen-bond donors (Lipinski definition) is 2. The van der Waals surface area contributed by atoms with Crippen molar-refractivity contribution in [1.82, 2.24) is 4.90 Å². The van der Waals surface area contributed by atoms with E-state index in [0.717, 1.165) is 4.90 Å². The Morgan fingerprint density at radius 2 is 2.07 bits per heavy atom. The van der Waals surface area contributed by atoms with Gasteiger partial charge in [0.05, 0.1) is 12.6 Å². The summed E-state index contributed by atoms with van der Waals surface area (Å²) in [4.78, 5) is 22.6. The van der Waals surface area contributed by atoms with Crippen LogP contribution in [0.5, 0.6) is 0 Å². The molecule has 80 valence electrons. The molecule has 6 nitrogen and oxygen atoms in total. The Balaban J connectivity index is 2.92. The Kier molecular flexibility index (Phi) is 2.66. The Bertz CT molecular complexity index is 266. The molecule has 0 aromatic rings. The van der Waals surface area contributed by atoms with Gasteiger partial charge >= 0.3 is 12.1 Å². The largest absolute Gasteiger partial charge is 0.480 e. The fourth-order valence-electron chi connectivity index (χ4n) is 1.67. The SMILES string of the molecule is CO[C@@H]1CN(C(=O)O)[C@@](C)(C(=O)O)C1. The number of hydrogen-bond acceptors (Lipinski definition) is 3. The lowest BCUT2D eigenvalue weighted by atomic mass is 9.99. The van der Waals surface area contributed by atoms with Crippen LogP contribution in [0.3, 0.4) is 0 Å². The second kappa shape index (κ2) is 3.45. The van der Waals surface area contributed by atoms with Gasteiger partial charge in [0.2, 0.25) is 0 Å². The van der Waals surface area contributed by atoms with E-state index in [1.54, 1.807) is 0 Å². The summed E-state index contributed by atoms with van der Waals surface area (Å²) in [6.45, 7) is 1.50. The van der Waals surface area contributed by atoms with E-state index in [4.69, 9.17) is 14.9 Å². The highest BCUT2D eigenvalue weighted by Gasteiger charge is 2.50. The van der Waals surface area contributed by atoms with Crippen molar-refractivity contribution in [2.45, 2.75) is 25.0 Å². The van der Waals surface area contributed by atoms with Crippen LogP contribution >= 0.6 is 0 Å². The molecule has 0 unspecified atom stereocenters. The third kappa shape index (κ3) is 1.52. The van der Waals surface area contributed by atoms with Gasteiger partial charge < -0.3 is 14.9 Å². The summed E-state index contributed by atoms with van der Waals surface area (Å²) in [6, 6.07) is 0. The number of aliphatic carboxylic acids is 1. The van der Waals surface area contributed by atoms with E-state index in [1.807, 2.05) is 0 Å². The number of carboxylic acids is 1. The van der Waals surface area contributed by atoms with Crippen LogP contribution in [0.15, 0.2) is 0 Å². The van der Waals surface area contributed by atoms with Gasteiger partial charge in [-0.2, -0.15) is 0 Å². The molecule has 1 rings (SSSR count). The van der Waals surface area contributed by atoms with Crippen LogP contribution in [0, 0.1) is 0 Å². The molecule has 0 aromatic heterocycles. The monoisotopic (exact) mass is 203 g/mol. The standard InChI is InChI=1S/C8H13NO5/c1-8(6(10)11)3-5(14-2)4-9(8)7(12)13/h5H,3-4H2,1-2H3,(H,10,11)(H,12,13)/t5-,8+/m0/s1. The minimum atomic E-state index is -1.37. The lowest BCUT2D eigenvalue weighted by Gasteiger charge is -2.27. The second-order valence-electron chi connectivity index (χ2n) is 3.53. The maximum atomic E-state index is 10.9. The molecule has 2 atom stereocenters. The molecular formula is C8H13NO5. The molecule has 0 saturated carbocycles. The number of rotatable bonds is 2. The summed E-state index contributed by atoms with van der Waals surface area (Å²) in [6.07, 6.45) is -1.38. The van der Waals surface area contributed by atoms with Crippen molar-refractivity contribution in [1.29, 1.82) is 0 Å². The van der Waals surface area contributed by atoms with Gasteiger partial charge in [-0.1, -0.05) is 0 Å². The fraction of sp³-hybridized carbons (Fsp3) is 0.750. The molecule has 0 aliphatic carbocycles. The first kappa shape index (κ1) is 10.8. The molecule has 1 aliphatic rings. The molecule has 0 spiro atoms. The number of likely N-dealkylation sites (tertiary alicyclic amines) is 1. The second-order valence-corrected chi connectivity index (χ2v) is 3.53. The van der Waals surface area contributed by atoms with E-state index in [1.165, 1.54) is 14.0 Å². The van der Waals surface area contributed by atoms with Crippen LogP contribution in [-0.4, -0.2) is 52.5 Å². The topological polar surface area (TPSA) is 87.1 Å². The number of methoxy groups -OCH3 is 1. The Morgan fingerprint density at radius 3 is 2.36 bits per heavy atom. The zero-order valence-corrected chi connectivity index (χ0v) is 8.06. The fourth-order valence-corrected chi connectivity index (χ4v) is 1.67. The lowest BCUT2D eigenvalue weighted by Crippen LogP contribution is -2.50. The molecule has 0 aromatic carbocycles. The normalized spacial score (nSPS) is 31.9. The smallest absolute Gasteiger partial charge is 0.408 e. The first-order valence-electron chi connectivity index (χ1n) is 4.18. The van der Waals surface area contributed by atoms with Crippen molar-refractivity contribution in [3.05, 3.63) is 0 Å². The van der Waals surface area contributed by atoms with Gasteiger partial charge in [-0.15, -0.1) is 0 Å². The highest BCUT2D eigenvalue weighted by Crippen LogP contribution is 2.30. The first-order valence-corrected chi connectivity index (χ1v) is 4.18. The molecule has 1 aliphatic heterocycles. The summed E-state index contributed by atoms with van der Waals surface area (Å²) in [7, 11) is 1.44. The number of carboxylic acid groups (broad SMARTS) is 2. The van der Waals surface area contributed by atoms with Crippen LogP contribution in [0.1, 0.15) is 13.3 Å². The molecule has 14 heavy (non-hydrogen) atoms. The summed E-state index contributed by atoms with van der Waals surface area (Å²) in [5, 5.41) is 17.8. The maximum Gasteiger partial charge on any atom is 0.408 e. The summed E-state index contributed by atoms with van der Waals surface area (Å²) >= 11 is 0. The summed E-state index contributed by atoms with van der Waals surface area (Å²) in [5.41, 5.74) is -1.37. The summed E-state index contributed by atoms with van der Waals surface area (Å²) < 4.78 is 4.97. The minimum absolute atomic E-state index is 0.106. The number of ether oxygens (including phenoxy) is 1. The minimum Gasteiger partial charge on any atom is -0.480 e. The average molecular weight is 203 g/mol. The lowest BCUT2D eigenvalue weighted by molar-refractivity contribution is -0.147. The molecule has 1 saturated heterocycles. The molecule has 2 N–H and O–H groups in total. The molecule has 1 amide bonds. The van der Waals surface area contributed by atoms with Gasteiger partial charge in [0, 0.05) is 13.5 Å². The molecule has 1 heterocycles. The summed E-state index contributed by atoms with van der Waals surface area (Å²) in [5.74, 6) is -1.14. The van der Waals surface area contributed by atoms with E-state index in [-0.39, 0.29) is 19.1 Å². The van der Waals surface area contributed by atoms with E-state index in [0.29, 0.717) is 0 Å². The van der Waals surface area contributed by atoms with Crippen LogP contribution in [-0.2, 0) is 9.53 Å². The number of amides is 1. The van der Waals surface area contributed by atoms with E-state index in [2.05, 4.69) is 0 Å². The van der Waals surface area contributed by atoms with E-state index in [9.17, 15) is 9.59 Å². The van der Waals surface area contributed by atoms with Gasteiger partial charge in [0.15, 0.2) is 0 Å². The highest BCUT2D eigenvalue weighted by atomic mass is 16.5. The quantitative estimate of drug-likeness (QED) is 0.670. The predicted octanol–water partition coefficient (Wildman–Crippen LogP) is 0.228. The van der Waals surface area contributed by atoms with E-state index >= 15 is 0 Å². The van der Waals surface area contributed by atoms with Gasteiger partial charge in [-0.05, 0) is 6.92 Å². The van der Waals surface area contributed by atoms with Gasteiger partial charge in [0.25, 0.3) is 0 Å². The van der Waals surface area contributed by atoms with Crippen molar-refractivity contribution in [2.24, 2.45) is 0 Å². The van der Waals surface area contributed by atoms with Crippen molar-refractivity contribution in [3.8, 4) is 0 Å². The zero-order valence-electron chi connectivity index (χ0n) is 8.06. The zero-order chi connectivity index (χ0) is 10.9. The Hall–Kier alpha value is -1.30. The van der Waals surface area contributed by atoms with Crippen LogP contribution in [0.4, 0.5) is 4.79 Å². The van der Waals surface area contributed by atoms with Crippen molar-refractivity contribution >= 4 is 12.1 Å². The van der Waals surface area contributed by atoms with E-state index < -0.39 is 17.6 Å². The number of carbonyl (C=O) groups is 2. The highest BCUT2D eigenvalue weighted by molar-refractivity contribution is 5.84. The maximum absolute atomic E-state index is 10.9. The third-order valence-electron chi connectivity index (χ3n) is 2.63. The van der Waals surface area contributed by atoms with Gasteiger partial charge in [-0.3, -0.25) is 4.90 Å². The molecule has 0 bridgehead atoms. The third-order valence-corrected chi connectivity index (χ3v) is 2.63. The van der Waals surface area contributed by atoms with Crippen molar-refractivity contribution in [2.75, 3.05) is 13.7 Å². The molecule has 1 fully saturated rings. The Morgan fingerprint density at radius 1 is 1.50 bits per heavy atom. The van der Waals surface area contributed by atoms with Gasteiger partial charge in [-0.25, -0.2) is 9.59 Å². The number of nitrogens with zero attached hydrogens (tertiary/aromatic N) is 1. The van der Waals surface area contributed by atoms with Crippen LogP contribution < -0.4 is 0 Å². The van der Waals surface area contributed by atoms with Crippen LogP contribution in [0.2, 0.25) is 0 Å². The van der Waals surface area contributed by atoms with Gasteiger partial charge in [0.1, 0.15) is 5.54 Å².